The Balaban J connectivity index is 1.41. The molecule has 2 aromatic heterocycles. The number of alkyl halides is 4. The number of rotatable bonds is 5. The number of hydrogen-bond donors (Lipinski definition) is 2. The number of H-pyrrole nitrogens is 1. The summed E-state index contributed by atoms with van der Waals surface area (Å²) >= 11 is 0. The molecule has 0 radical (unpaired) electrons. The zero-order chi connectivity index (χ0) is 24.3. The minimum absolute atomic E-state index is 0.274. The Morgan fingerprint density at radius 1 is 1.15 bits per heavy atom. The highest BCUT2D eigenvalue weighted by atomic mass is 19.3. The van der Waals surface area contributed by atoms with E-state index in [0.29, 0.717) is 41.9 Å². The number of halogens is 4. The fraction of sp³-hybridized carbons (Fsp3) is 0.636. The predicted octanol–water partition coefficient (Wildman–Crippen LogP) is 3.64. The lowest BCUT2D eigenvalue weighted by atomic mass is 10.1. The molecular formula is C22H27F4N7O. The molecule has 2 N–H and O–H groups in total. The van der Waals surface area contributed by atoms with Crippen LogP contribution in [0, 0.1) is 0 Å². The summed E-state index contributed by atoms with van der Waals surface area (Å²) in [6.45, 7) is 1.98. The fourth-order valence-corrected chi connectivity index (χ4v) is 4.87. The fourth-order valence-electron chi connectivity index (χ4n) is 4.87. The van der Waals surface area contributed by atoms with E-state index in [2.05, 4.69) is 39.3 Å². The normalized spacial score (nSPS) is 23.1. The van der Waals surface area contributed by atoms with Crippen molar-refractivity contribution < 1.29 is 22.4 Å². The molecule has 0 aromatic carbocycles. The Morgan fingerprint density at radius 2 is 1.88 bits per heavy atom. The van der Waals surface area contributed by atoms with E-state index in [1.807, 2.05) is 6.07 Å². The van der Waals surface area contributed by atoms with Gasteiger partial charge in [-0.05, 0) is 38.0 Å². The highest BCUT2D eigenvalue weighted by Crippen LogP contribution is 2.42. The number of likely N-dealkylation sites (tertiary alicyclic amines) is 1. The Bertz CT molecular complexity index is 1090. The van der Waals surface area contributed by atoms with Crippen molar-refractivity contribution in [2.75, 3.05) is 29.9 Å². The predicted molar refractivity (Wildman–Crippen MR) is 117 cm³/mol. The van der Waals surface area contributed by atoms with E-state index in [1.54, 1.807) is 4.90 Å². The van der Waals surface area contributed by atoms with Gasteiger partial charge in [-0.2, -0.15) is 27.6 Å². The lowest BCUT2D eigenvalue weighted by Crippen LogP contribution is -2.46. The van der Waals surface area contributed by atoms with Crippen LogP contribution in [0.3, 0.4) is 0 Å². The summed E-state index contributed by atoms with van der Waals surface area (Å²) in [5.41, 5.74) is 2.82. The van der Waals surface area contributed by atoms with Crippen LogP contribution in [-0.4, -0.2) is 68.5 Å². The summed E-state index contributed by atoms with van der Waals surface area (Å²) in [6, 6.07) is 1.05. The molecule has 0 bridgehead atoms. The Morgan fingerprint density at radius 3 is 2.56 bits per heavy atom. The molecule has 2 saturated heterocycles. The number of aromatic nitrogens is 4. The molecule has 1 amide bonds. The maximum atomic E-state index is 13.7. The number of hydrogen-bond acceptors (Lipinski definition) is 6. The van der Waals surface area contributed by atoms with Crippen molar-refractivity contribution >= 4 is 23.5 Å². The monoisotopic (exact) mass is 481 g/mol. The summed E-state index contributed by atoms with van der Waals surface area (Å²) in [6.07, 6.45) is 3.46. The van der Waals surface area contributed by atoms with E-state index in [4.69, 9.17) is 0 Å². The van der Waals surface area contributed by atoms with Crippen LogP contribution >= 0.6 is 0 Å². The zero-order valence-electron chi connectivity index (χ0n) is 19.0. The summed E-state index contributed by atoms with van der Waals surface area (Å²) < 4.78 is 54.8. The number of carbonyl (C=O) groups is 1. The average Bonchev–Trinajstić information content (AvgIpc) is 3.53. The van der Waals surface area contributed by atoms with Gasteiger partial charge >= 0.3 is 11.8 Å². The lowest BCUT2D eigenvalue weighted by Gasteiger charge is -2.28. The zero-order valence-corrected chi connectivity index (χ0v) is 19.0. The van der Waals surface area contributed by atoms with Gasteiger partial charge in [0.1, 0.15) is 11.9 Å². The third-order valence-electron chi connectivity index (χ3n) is 6.81. The van der Waals surface area contributed by atoms with Crippen LogP contribution in [0.15, 0.2) is 6.07 Å². The second kappa shape index (κ2) is 8.09. The quantitative estimate of drug-likeness (QED) is 0.634. The molecule has 1 atom stereocenters. The molecule has 12 heteroatoms. The first kappa shape index (κ1) is 22.9. The Kier molecular flexibility index (Phi) is 5.44. The summed E-state index contributed by atoms with van der Waals surface area (Å²) in [5.74, 6) is -7.42. The van der Waals surface area contributed by atoms with Crippen molar-refractivity contribution in [3.8, 4) is 0 Å². The number of aryl methyl sites for hydroxylation is 1. The molecule has 3 aliphatic rings. The minimum atomic E-state index is -4.23. The maximum Gasteiger partial charge on any atom is 0.329 e. The van der Waals surface area contributed by atoms with Gasteiger partial charge in [-0.15, -0.1) is 0 Å². The molecule has 0 saturated carbocycles. The topological polar surface area (TPSA) is 90.0 Å². The van der Waals surface area contributed by atoms with Crippen molar-refractivity contribution in [1.29, 1.82) is 0 Å². The first-order valence-electron chi connectivity index (χ1n) is 11.6. The van der Waals surface area contributed by atoms with Crippen LogP contribution in [0.1, 0.15) is 56.0 Å². The maximum absolute atomic E-state index is 13.7. The summed E-state index contributed by atoms with van der Waals surface area (Å²) in [5, 5.41) is 10.5. The first-order chi connectivity index (χ1) is 16.1. The molecule has 2 aliphatic heterocycles. The van der Waals surface area contributed by atoms with Gasteiger partial charge in [-0.1, -0.05) is 13.8 Å². The van der Waals surface area contributed by atoms with Gasteiger partial charge in [-0.3, -0.25) is 9.89 Å². The number of nitrogens with zero attached hydrogens (tertiary/aromatic N) is 5. The number of amides is 1. The number of nitrogens with one attached hydrogen (secondary N) is 2. The number of fused-ring (bicyclic) bond motifs is 1. The molecule has 184 valence electrons. The highest BCUT2D eigenvalue weighted by Gasteiger charge is 2.64. The average molecular weight is 481 g/mol. The standard InChI is InChI=1S/C22H27F4N7O/c1-12(2)15-9-17(31-30-15)28-18-13-5-3-6-14(13)27-20(29-18)33-8-4-7-16(33)19(34)32-10-21(23,24)22(25,26)11-32/h9,12,16H,3-8,10-11H2,1-2H3,(H2,27,28,29,30,31)/t16-/m0/s1. The van der Waals surface area contributed by atoms with E-state index in [9.17, 15) is 22.4 Å². The molecule has 1 aliphatic carbocycles. The molecule has 2 fully saturated rings. The van der Waals surface area contributed by atoms with Crippen LogP contribution in [0.4, 0.5) is 35.1 Å². The highest BCUT2D eigenvalue weighted by molar-refractivity contribution is 5.86. The van der Waals surface area contributed by atoms with Crippen LogP contribution in [-0.2, 0) is 17.6 Å². The number of carbonyl (C=O) groups excluding carboxylic acids is 1. The van der Waals surface area contributed by atoms with Crippen molar-refractivity contribution in [3.63, 3.8) is 0 Å². The van der Waals surface area contributed by atoms with Crippen LogP contribution < -0.4 is 10.2 Å². The van der Waals surface area contributed by atoms with E-state index in [1.165, 1.54) is 0 Å². The number of anilines is 3. The molecule has 0 spiro atoms. The van der Waals surface area contributed by atoms with Crippen molar-refractivity contribution in [2.45, 2.75) is 69.8 Å². The smallest absolute Gasteiger partial charge is 0.329 e. The molecular weight excluding hydrogens is 454 g/mol. The third kappa shape index (κ3) is 3.86. The van der Waals surface area contributed by atoms with Crippen molar-refractivity contribution in [2.24, 2.45) is 0 Å². The minimum Gasteiger partial charge on any atom is -0.329 e. The van der Waals surface area contributed by atoms with Gasteiger partial charge in [0.25, 0.3) is 0 Å². The van der Waals surface area contributed by atoms with Gasteiger partial charge in [-0.25, -0.2) is 4.98 Å². The Labute approximate surface area is 194 Å². The van der Waals surface area contributed by atoms with E-state index in [0.717, 1.165) is 36.2 Å². The molecule has 0 unspecified atom stereocenters. The first-order valence-corrected chi connectivity index (χ1v) is 11.6. The van der Waals surface area contributed by atoms with Crippen molar-refractivity contribution in [1.82, 2.24) is 25.1 Å². The lowest BCUT2D eigenvalue weighted by molar-refractivity contribution is -0.172. The second-order valence-corrected chi connectivity index (χ2v) is 9.59. The van der Waals surface area contributed by atoms with Crippen LogP contribution in [0.2, 0.25) is 0 Å². The van der Waals surface area contributed by atoms with Gasteiger partial charge in [0.15, 0.2) is 5.82 Å². The van der Waals surface area contributed by atoms with Gasteiger partial charge in [0, 0.05) is 23.9 Å². The molecule has 8 nitrogen and oxygen atoms in total. The van der Waals surface area contributed by atoms with Crippen LogP contribution in [0.25, 0.3) is 0 Å². The van der Waals surface area contributed by atoms with E-state index >= 15 is 0 Å². The van der Waals surface area contributed by atoms with Crippen molar-refractivity contribution in [3.05, 3.63) is 23.0 Å². The van der Waals surface area contributed by atoms with Gasteiger partial charge in [0.05, 0.1) is 18.8 Å². The largest absolute Gasteiger partial charge is 0.329 e. The molecule has 34 heavy (non-hydrogen) atoms. The number of aromatic amines is 1. The molecule has 4 heterocycles. The SMILES string of the molecule is CC(C)c1cc(Nc2nc(N3CCC[C@H]3C(=O)N3CC(F)(F)C(F)(F)C3)nc3c2CCC3)n[nH]1. The molecule has 5 rings (SSSR count). The summed E-state index contributed by atoms with van der Waals surface area (Å²) in [4.78, 5) is 24.6. The van der Waals surface area contributed by atoms with Crippen LogP contribution in [0.5, 0.6) is 0 Å². The second-order valence-electron chi connectivity index (χ2n) is 9.59. The Hall–Kier alpha value is -2.92. The van der Waals surface area contributed by atoms with E-state index in [-0.39, 0.29) is 5.92 Å². The summed E-state index contributed by atoms with van der Waals surface area (Å²) in [7, 11) is 0. The van der Waals surface area contributed by atoms with Gasteiger partial charge in [0.2, 0.25) is 11.9 Å². The van der Waals surface area contributed by atoms with Gasteiger partial charge < -0.3 is 15.1 Å². The molecule has 2 aromatic rings. The third-order valence-corrected chi connectivity index (χ3v) is 6.81. The van der Waals surface area contributed by atoms with E-state index < -0.39 is 36.9 Å².